The number of carbonyl (C=O) groups excluding carboxylic acids is 1. The number of hydrogen-bond acceptors (Lipinski definition) is 3. The average molecular weight is 446 g/mol. The maximum absolute atomic E-state index is 12.7. The molecule has 0 atom stereocenters. The van der Waals surface area contributed by atoms with Crippen LogP contribution in [0.5, 0.6) is 5.75 Å². The first-order valence-electron chi connectivity index (χ1n) is 6.92. The highest BCUT2D eigenvalue weighted by molar-refractivity contribution is 9.11. The van der Waals surface area contributed by atoms with Crippen molar-refractivity contribution in [2.75, 3.05) is 0 Å². The van der Waals surface area contributed by atoms with Crippen LogP contribution in [-0.2, 0) is 0 Å². The lowest BCUT2D eigenvalue weighted by Crippen LogP contribution is -2.01. The number of carbonyl (C=O) groups is 1. The third-order valence-corrected chi connectivity index (χ3v) is 4.76. The Kier molecular flexibility index (Phi) is 4.56. The fourth-order valence-electron chi connectivity index (χ4n) is 2.39. The molecule has 118 valence electrons. The van der Waals surface area contributed by atoms with Crippen molar-refractivity contribution < 1.29 is 9.90 Å². The third-order valence-electron chi connectivity index (χ3n) is 3.55. The predicted octanol–water partition coefficient (Wildman–Crippen LogP) is 5.19. The molecule has 0 amide bonds. The third kappa shape index (κ3) is 3.01. The number of nitrogens with zero attached hydrogens (tertiary/aromatic N) is 1. The lowest BCUT2D eigenvalue weighted by molar-refractivity contribution is 0.104. The summed E-state index contributed by atoms with van der Waals surface area (Å²) >= 11 is 6.47. The molecule has 0 unspecified atom stereocenters. The van der Waals surface area contributed by atoms with Crippen molar-refractivity contribution in [2.24, 2.45) is 0 Å². The number of phenolic OH excluding ortho intramolecular Hbond substituents is 1. The van der Waals surface area contributed by atoms with Gasteiger partial charge >= 0.3 is 0 Å². The van der Waals surface area contributed by atoms with Gasteiger partial charge in [-0.25, -0.2) is 0 Å². The fourth-order valence-corrected chi connectivity index (χ4v) is 3.61. The van der Waals surface area contributed by atoms with Gasteiger partial charge in [0.05, 0.1) is 8.95 Å². The number of halogens is 2. The molecule has 0 aliphatic rings. The molecule has 6 heteroatoms. The van der Waals surface area contributed by atoms with Gasteiger partial charge in [-0.05, 0) is 61.7 Å². The maximum Gasteiger partial charge on any atom is 0.205 e. The molecule has 1 aromatic heterocycles. The molecular weight excluding hydrogens is 436 g/mol. The van der Waals surface area contributed by atoms with Crippen LogP contribution in [0, 0.1) is 11.3 Å². The van der Waals surface area contributed by atoms with E-state index in [4.69, 9.17) is 0 Å². The van der Waals surface area contributed by atoms with Gasteiger partial charge in [-0.2, -0.15) is 5.26 Å². The smallest absolute Gasteiger partial charge is 0.205 e. The summed E-state index contributed by atoms with van der Waals surface area (Å²) < 4.78 is 0.944. The predicted molar refractivity (Wildman–Crippen MR) is 99.7 cm³/mol. The zero-order valence-electron chi connectivity index (χ0n) is 12.2. The zero-order valence-corrected chi connectivity index (χ0v) is 15.3. The summed E-state index contributed by atoms with van der Waals surface area (Å²) in [5.41, 5.74) is 1.93. The number of rotatable bonds is 3. The largest absolute Gasteiger partial charge is 0.506 e. The van der Waals surface area contributed by atoms with Gasteiger partial charge in [-0.15, -0.1) is 0 Å². The summed E-state index contributed by atoms with van der Waals surface area (Å²) in [6.07, 6.45) is 3.11. The van der Waals surface area contributed by atoms with Crippen LogP contribution in [0.4, 0.5) is 0 Å². The molecule has 3 rings (SSSR count). The molecule has 2 N–H and O–H groups in total. The summed E-state index contributed by atoms with van der Waals surface area (Å²) in [5, 5.41) is 19.9. The number of hydrogen-bond donors (Lipinski definition) is 2. The van der Waals surface area contributed by atoms with Crippen molar-refractivity contribution in [3.8, 4) is 11.8 Å². The van der Waals surface area contributed by atoms with E-state index >= 15 is 0 Å². The van der Waals surface area contributed by atoms with Gasteiger partial charge in [0.1, 0.15) is 17.4 Å². The molecule has 0 saturated heterocycles. The Morgan fingerprint density at radius 2 is 1.88 bits per heavy atom. The van der Waals surface area contributed by atoms with Crippen molar-refractivity contribution in [1.29, 1.82) is 5.26 Å². The first-order valence-corrected chi connectivity index (χ1v) is 8.50. The van der Waals surface area contributed by atoms with Crippen molar-refractivity contribution in [2.45, 2.75) is 0 Å². The van der Waals surface area contributed by atoms with E-state index in [1.807, 2.05) is 30.3 Å². The van der Waals surface area contributed by atoms with E-state index in [9.17, 15) is 15.2 Å². The molecule has 4 nitrogen and oxygen atoms in total. The summed E-state index contributed by atoms with van der Waals surface area (Å²) in [6, 6.07) is 12.7. The molecule has 0 radical (unpaired) electrons. The van der Waals surface area contributed by atoms with E-state index in [-0.39, 0.29) is 17.1 Å². The Balaban J connectivity index is 2.06. The van der Waals surface area contributed by atoms with E-state index in [0.29, 0.717) is 20.1 Å². The Labute approximate surface area is 154 Å². The van der Waals surface area contributed by atoms with Gasteiger partial charge in [-0.3, -0.25) is 4.79 Å². The summed E-state index contributed by atoms with van der Waals surface area (Å²) in [4.78, 5) is 15.7. The van der Waals surface area contributed by atoms with Crippen LogP contribution in [-0.4, -0.2) is 15.9 Å². The zero-order chi connectivity index (χ0) is 17.3. The minimum atomic E-state index is -0.352. The number of phenols is 1. The normalized spacial score (nSPS) is 11.5. The minimum absolute atomic E-state index is 0.0178. The van der Waals surface area contributed by atoms with Crippen LogP contribution in [0.25, 0.3) is 17.0 Å². The minimum Gasteiger partial charge on any atom is -0.506 e. The second kappa shape index (κ2) is 6.63. The number of para-hydroxylation sites is 1. The second-order valence-corrected chi connectivity index (χ2v) is 6.79. The highest BCUT2D eigenvalue weighted by Gasteiger charge is 2.17. The van der Waals surface area contributed by atoms with Gasteiger partial charge < -0.3 is 10.1 Å². The number of benzene rings is 2. The lowest BCUT2D eigenvalue weighted by Gasteiger charge is -2.03. The van der Waals surface area contributed by atoms with Crippen molar-refractivity contribution in [1.82, 2.24) is 4.98 Å². The SMILES string of the molecule is N#C/C(=C/c1cc(Br)c(O)c(Br)c1)C(=O)c1c[nH]c2ccccc12. The molecule has 3 aromatic rings. The van der Waals surface area contributed by atoms with Crippen LogP contribution in [0.3, 0.4) is 0 Å². The Hall–Kier alpha value is -2.36. The monoisotopic (exact) mass is 444 g/mol. The van der Waals surface area contributed by atoms with Gasteiger partial charge in [0.2, 0.25) is 5.78 Å². The van der Waals surface area contributed by atoms with Gasteiger partial charge in [-0.1, -0.05) is 18.2 Å². The summed E-state index contributed by atoms with van der Waals surface area (Å²) in [6.45, 7) is 0. The van der Waals surface area contributed by atoms with Crippen LogP contribution in [0.2, 0.25) is 0 Å². The van der Waals surface area contributed by atoms with Crippen molar-refractivity contribution in [3.05, 3.63) is 68.2 Å². The van der Waals surface area contributed by atoms with Crippen LogP contribution >= 0.6 is 31.9 Å². The van der Waals surface area contributed by atoms with Crippen LogP contribution in [0.15, 0.2) is 57.1 Å². The molecule has 0 aliphatic carbocycles. The number of nitrogens with one attached hydrogen (secondary N) is 1. The number of nitriles is 1. The molecule has 2 aromatic carbocycles. The summed E-state index contributed by atoms with van der Waals surface area (Å²) in [7, 11) is 0. The maximum atomic E-state index is 12.7. The molecule has 1 heterocycles. The van der Waals surface area contributed by atoms with Crippen LogP contribution in [0.1, 0.15) is 15.9 Å². The van der Waals surface area contributed by atoms with E-state index < -0.39 is 0 Å². The molecule has 0 bridgehead atoms. The quantitative estimate of drug-likeness (QED) is 0.331. The number of aromatic amines is 1. The summed E-state index contributed by atoms with van der Waals surface area (Å²) in [5.74, 6) is -0.288. The molecule has 0 aliphatic heterocycles. The van der Waals surface area contributed by atoms with E-state index in [1.165, 1.54) is 6.08 Å². The molecule has 0 spiro atoms. The van der Waals surface area contributed by atoms with Crippen molar-refractivity contribution >= 4 is 54.6 Å². The highest BCUT2D eigenvalue weighted by atomic mass is 79.9. The van der Waals surface area contributed by atoms with Gasteiger partial charge in [0, 0.05) is 22.7 Å². The van der Waals surface area contributed by atoms with Crippen molar-refractivity contribution in [3.63, 3.8) is 0 Å². The number of allylic oxidation sites excluding steroid dienone is 1. The molecule has 0 fully saturated rings. The molecule has 24 heavy (non-hydrogen) atoms. The number of fused-ring (bicyclic) bond motifs is 1. The lowest BCUT2D eigenvalue weighted by atomic mass is 10.0. The van der Waals surface area contributed by atoms with E-state index in [2.05, 4.69) is 36.8 Å². The average Bonchev–Trinajstić information content (AvgIpc) is 3.01. The number of ketones is 1. The highest BCUT2D eigenvalue weighted by Crippen LogP contribution is 2.34. The Morgan fingerprint density at radius 3 is 2.54 bits per heavy atom. The van der Waals surface area contributed by atoms with Gasteiger partial charge in [0.25, 0.3) is 0 Å². The van der Waals surface area contributed by atoms with E-state index in [0.717, 1.165) is 10.9 Å². The number of H-pyrrole nitrogens is 1. The first kappa shape index (κ1) is 16.5. The topological polar surface area (TPSA) is 76.9 Å². The number of aromatic hydroxyl groups is 1. The Bertz CT molecular complexity index is 1010. The van der Waals surface area contributed by atoms with E-state index in [1.54, 1.807) is 18.3 Å². The molecular formula is C18H10Br2N2O2. The van der Waals surface area contributed by atoms with Crippen LogP contribution < -0.4 is 0 Å². The van der Waals surface area contributed by atoms with Gasteiger partial charge in [0.15, 0.2) is 0 Å². The molecule has 0 saturated carbocycles. The Morgan fingerprint density at radius 1 is 1.21 bits per heavy atom. The second-order valence-electron chi connectivity index (χ2n) is 5.08. The fraction of sp³-hybridized carbons (Fsp3) is 0. The number of aromatic nitrogens is 1. The number of Topliss-reactive ketones (excluding diaryl/α,β-unsaturated/α-hetero) is 1. The standard InChI is InChI=1S/C18H10Br2N2O2/c19-14-6-10(7-15(20)18(14)24)5-11(8-21)17(23)13-9-22-16-4-2-1-3-12(13)16/h1-7,9,22,24H/b11-5-. The first-order chi connectivity index (χ1) is 11.5.